The van der Waals surface area contributed by atoms with Gasteiger partial charge in [0, 0.05) is 82.3 Å². The third-order valence-electron chi connectivity index (χ3n) is 15.3. The molecule has 5 aliphatic rings. The second-order valence-corrected chi connectivity index (χ2v) is 21.2. The topological polar surface area (TPSA) is 130 Å². The maximum absolute atomic E-state index is 13.7. The highest BCUT2D eigenvalue weighted by Crippen LogP contribution is 2.46. The number of aryl methyl sites for hydroxylation is 2. The summed E-state index contributed by atoms with van der Waals surface area (Å²) >= 11 is 3.66. The van der Waals surface area contributed by atoms with Gasteiger partial charge in [0.2, 0.25) is 0 Å². The van der Waals surface area contributed by atoms with Crippen LogP contribution in [0, 0.1) is 39.4 Å². The lowest BCUT2D eigenvalue weighted by molar-refractivity contribution is -0.181. The number of nitrogens with zero attached hydrogens (tertiary/aromatic N) is 5. The maximum atomic E-state index is 13.7. The lowest BCUT2D eigenvalue weighted by Crippen LogP contribution is -2.41. The van der Waals surface area contributed by atoms with E-state index in [0.29, 0.717) is 42.4 Å². The van der Waals surface area contributed by atoms with Gasteiger partial charge in [0.15, 0.2) is 28.6 Å². The van der Waals surface area contributed by atoms with Gasteiger partial charge in [-0.2, -0.15) is 0 Å². The first-order valence-corrected chi connectivity index (χ1v) is 25.1. The van der Waals surface area contributed by atoms with Crippen LogP contribution in [-0.4, -0.2) is 65.5 Å². The van der Waals surface area contributed by atoms with Crippen molar-refractivity contribution in [1.29, 1.82) is 0 Å². The summed E-state index contributed by atoms with van der Waals surface area (Å²) in [6, 6.07) is 18.9. The van der Waals surface area contributed by atoms with Crippen molar-refractivity contribution in [2.24, 2.45) is 0 Å². The molecule has 2 aromatic heterocycles. The molecule has 3 saturated heterocycles. The van der Waals surface area contributed by atoms with Crippen molar-refractivity contribution in [3.8, 4) is 11.1 Å². The molecule has 0 atom stereocenters. The Morgan fingerprint density at radius 3 is 1.63 bits per heavy atom. The minimum atomic E-state index is -0.473. The molecule has 0 amide bonds. The summed E-state index contributed by atoms with van der Waals surface area (Å²) in [4.78, 5) is 10.7. The molecule has 4 N–H and O–H groups in total. The van der Waals surface area contributed by atoms with E-state index in [0.717, 1.165) is 119 Å². The summed E-state index contributed by atoms with van der Waals surface area (Å²) in [5.41, 5.74) is 20.3. The number of ether oxygens (including phenoxy) is 4. The van der Waals surface area contributed by atoms with Crippen molar-refractivity contribution in [2.45, 2.75) is 128 Å². The zero-order valence-corrected chi connectivity index (χ0v) is 42.8. The second-order valence-electron chi connectivity index (χ2n) is 20.3. The Kier molecular flexibility index (Phi) is 13.9. The molecule has 5 heterocycles. The highest BCUT2D eigenvalue weighted by atomic mass is 79.9. The minimum Gasteiger partial charge on any atom is -0.400 e. The van der Waals surface area contributed by atoms with Crippen LogP contribution >= 0.6 is 15.9 Å². The average Bonchev–Trinajstić information content (AvgIpc) is 4.19. The Balaban J connectivity index is 0.000000137. The molecule has 71 heavy (non-hydrogen) atoms. The van der Waals surface area contributed by atoms with Gasteiger partial charge in [0.25, 0.3) is 0 Å². The first-order chi connectivity index (χ1) is 33.9. The van der Waals surface area contributed by atoms with Crippen LogP contribution in [0.3, 0.4) is 0 Å². The monoisotopic (exact) mass is 1020 g/mol. The molecule has 16 heteroatoms. The molecule has 368 valence electrons. The maximum Gasteiger partial charge on any atom is 0.493 e. The van der Waals surface area contributed by atoms with Gasteiger partial charge in [-0.15, -0.1) is 0 Å². The summed E-state index contributed by atoms with van der Waals surface area (Å²) < 4.78 is 54.8. The second kappa shape index (κ2) is 19.7. The number of aromatic nitrogens is 2. The first-order valence-electron chi connectivity index (χ1n) is 24.3. The van der Waals surface area contributed by atoms with Crippen LogP contribution in [0.5, 0.6) is 0 Å². The number of fused-ring (bicyclic) bond motifs is 2. The van der Waals surface area contributed by atoms with E-state index in [-0.39, 0.29) is 22.7 Å². The fourth-order valence-corrected chi connectivity index (χ4v) is 11.1. The highest BCUT2D eigenvalue weighted by molar-refractivity contribution is 9.10. The van der Waals surface area contributed by atoms with E-state index in [9.17, 15) is 4.39 Å². The molecule has 0 unspecified atom stereocenters. The van der Waals surface area contributed by atoms with Gasteiger partial charge in [-0.25, -0.2) is 18.9 Å². The number of nitrogen functional groups attached to an aromatic ring is 2. The van der Waals surface area contributed by atoms with Gasteiger partial charge in [-0.05, 0) is 159 Å². The molecule has 4 aromatic carbocycles. The summed E-state index contributed by atoms with van der Waals surface area (Å²) in [6.45, 7) is 36.6. The first kappa shape index (κ1) is 50.2. The molecule has 11 rings (SSSR count). The third-order valence-corrected chi connectivity index (χ3v) is 15.9. The molecule has 0 radical (unpaired) electrons. The Hall–Kier alpha value is -5.74. The van der Waals surface area contributed by atoms with Crippen molar-refractivity contribution in [1.82, 2.24) is 9.13 Å². The third kappa shape index (κ3) is 9.95. The number of halogens is 2. The van der Waals surface area contributed by atoms with Crippen LogP contribution in [0.15, 0.2) is 77.5 Å². The lowest BCUT2D eigenvalue weighted by Gasteiger charge is -2.36. The number of anilines is 2. The van der Waals surface area contributed by atoms with Gasteiger partial charge >= 0.3 is 7.12 Å². The van der Waals surface area contributed by atoms with Gasteiger partial charge in [0.05, 0.1) is 63.0 Å². The Morgan fingerprint density at radius 2 is 1.14 bits per heavy atom. The number of benzene rings is 4. The molecule has 3 aliphatic heterocycles. The van der Waals surface area contributed by atoms with E-state index in [1.165, 1.54) is 11.6 Å². The molecule has 2 spiro atoms. The fourth-order valence-electron chi connectivity index (χ4n) is 10.6. The number of nitrogens with two attached hydrogens (primary N) is 2. The van der Waals surface area contributed by atoms with Crippen LogP contribution in [0.25, 0.3) is 47.5 Å². The van der Waals surface area contributed by atoms with Crippen molar-refractivity contribution in [2.75, 3.05) is 37.9 Å². The van der Waals surface area contributed by atoms with E-state index in [1.54, 1.807) is 30.3 Å². The van der Waals surface area contributed by atoms with E-state index in [1.807, 2.05) is 53.7 Å². The lowest BCUT2D eigenvalue weighted by atomic mass is 9.78. The van der Waals surface area contributed by atoms with Crippen LogP contribution in [0.4, 0.5) is 32.8 Å². The number of rotatable bonds is 4. The predicted molar refractivity (Wildman–Crippen MR) is 280 cm³/mol. The Labute approximate surface area is 424 Å². The van der Waals surface area contributed by atoms with E-state index in [2.05, 4.69) is 64.1 Å². The fraction of sp³-hybridized carbons (Fsp3) is 0.436. The van der Waals surface area contributed by atoms with Gasteiger partial charge in [0.1, 0.15) is 5.82 Å². The van der Waals surface area contributed by atoms with Crippen molar-refractivity contribution < 1.29 is 32.6 Å². The van der Waals surface area contributed by atoms with E-state index in [4.69, 9.17) is 59.4 Å². The summed E-state index contributed by atoms with van der Waals surface area (Å²) in [7, 11) is -0.473. The molecule has 5 fully saturated rings. The smallest absolute Gasteiger partial charge is 0.400 e. The molecule has 13 nitrogen and oxygen atoms in total. The van der Waals surface area contributed by atoms with Crippen LogP contribution in [0.2, 0.25) is 0 Å². The predicted octanol–water partition coefficient (Wildman–Crippen LogP) is 13.0. The van der Waals surface area contributed by atoms with Crippen molar-refractivity contribution >= 4 is 78.8 Å². The molecule has 0 bridgehead atoms. The Bertz CT molecular complexity index is 3100. The van der Waals surface area contributed by atoms with Crippen LogP contribution in [-0.2, 0) is 28.3 Å². The SMILES string of the molecule is [C-]#[N+]c1cc(N)cc(B2OC(C)(C)C(C)(C)O2)c1.[C-]#[N+]c1cc2c(-c3ccc(F)c(N)c3)cn(C3CCC4(CC3)OCCO4)c2cc1C.[C-]#[N+]c1cc2c(Br)cn(C3CCC4(CC3)OCCO4)c2cc1C. The standard InChI is InChI=1S/C24H24FN3O2.C18H19BrN2O2.C13H17BN2O2/c1-15-11-23-18(13-22(15)27-2)19(16-3-4-20(25)21(26)12-16)14-28(23)17-5-7-24(8-6-17)29-9-10-30-24;1-12-9-17-14(10-16(12)20-2)15(19)11-21(17)13-3-5-18(6-4-13)22-7-8-23-18;1-12(2)13(3,4)18-14(17-12)9-6-10(15)8-11(7-9)16-5/h3-4,11-14,17H,5-10,26H2,1H3;9-11,13H,3-8H2,1H3;6-8H,15H2,1-4H3. The average molecular weight is 1020 g/mol. The minimum absolute atomic E-state index is 0.126. The van der Waals surface area contributed by atoms with E-state index >= 15 is 0 Å². The normalized spacial score (nSPS) is 20.8. The number of hydrogen-bond acceptors (Lipinski definition) is 8. The zero-order valence-electron chi connectivity index (χ0n) is 41.2. The summed E-state index contributed by atoms with van der Waals surface area (Å²) in [6.07, 6.45) is 12.0. The zero-order chi connectivity index (χ0) is 50.5. The summed E-state index contributed by atoms with van der Waals surface area (Å²) in [5, 5.41) is 2.11. The largest absolute Gasteiger partial charge is 0.493 e. The molecule has 6 aromatic rings. The van der Waals surface area contributed by atoms with Crippen molar-refractivity contribution in [3.05, 3.63) is 129 Å². The van der Waals surface area contributed by atoms with Crippen molar-refractivity contribution in [3.63, 3.8) is 0 Å². The van der Waals surface area contributed by atoms with Gasteiger partial charge in [-0.1, -0.05) is 12.1 Å². The molecule has 2 saturated carbocycles. The number of hydrogen-bond donors (Lipinski definition) is 2. The Morgan fingerprint density at radius 1 is 0.648 bits per heavy atom. The highest BCUT2D eigenvalue weighted by Gasteiger charge is 2.52. The van der Waals surface area contributed by atoms with Gasteiger partial charge in [-0.3, -0.25) is 0 Å². The van der Waals surface area contributed by atoms with Crippen LogP contribution in [0.1, 0.15) is 102 Å². The molecular weight excluding hydrogens is 964 g/mol. The van der Waals surface area contributed by atoms with Crippen LogP contribution < -0.4 is 16.9 Å². The molecular formula is C55H60BBrFN7O6. The molecule has 2 aliphatic carbocycles. The van der Waals surface area contributed by atoms with Gasteiger partial charge < -0.3 is 48.9 Å². The van der Waals surface area contributed by atoms with E-state index < -0.39 is 18.7 Å². The quantitative estimate of drug-likeness (QED) is 0.101. The summed E-state index contributed by atoms with van der Waals surface area (Å²) in [5.74, 6) is -1.14.